The fourth-order valence-corrected chi connectivity index (χ4v) is 5.32. The average Bonchev–Trinajstić information content (AvgIpc) is 3.42. The zero-order chi connectivity index (χ0) is 30.1. The molecular weight excluding hydrogens is 580 g/mol. The number of aryl methyl sites for hydroxylation is 1. The molecule has 0 aliphatic carbocycles. The third-order valence-electron chi connectivity index (χ3n) is 5.93. The smallest absolute Gasteiger partial charge is 0.329 e. The lowest BCUT2D eigenvalue weighted by Crippen LogP contribution is -2.32. The minimum absolute atomic E-state index is 0.0659. The van der Waals surface area contributed by atoms with Crippen LogP contribution in [-0.4, -0.2) is 37.4 Å². The van der Waals surface area contributed by atoms with Gasteiger partial charge in [-0.3, -0.25) is 9.59 Å². The molecule has 42 heavy (non-hydrogen) atoms. The Bertz CT molecular complexity index is 1650. The van der Waals surface area contributed by atoms with Gasteiger partial charge in [0.05, 0.1) is 24.3 Å². The Labute approximate surface area is 249 Å². The van der Waals surface area contributed by atoms with Crippen LogP contribution in [-0.2, 0) is 32.7 Å². The SMILES string of the molecule is CCOc1ccc(NC(=O)C(=O)N/N=C/c2ccc(CN(Cc3ccc(Cl)cc3)S(=O)(=O)c3ccc(C)cc3)o2)cc1. The highest BCUT2D eigenvalue weighted by Crippen LogP contribution is 2.23. The van der Waals surface area contributed by atoms with Crippen molar-refractivity contribution in [2.75, 3.05) is 11.9 Å². The van der Waals surface area contributed by atoms with Crippen LogP contribution in [0.3, 0.4) is 0 Å². The van der Waals surface area contributed by atoms with E-state index in [9.17, 15) is 18.0 Å². The van der Waals surface area contributed by atoms with Gasteiger partial charge in [-0.1, -0.05) is 41.4 Å². The minimum Gasteiger partial charge on any atom is -0.494 e. The molecule has 2 N–H and O–H groups in total. The van der Waals surface area contributed by atoms with Crippen molar-refractivity contribution in [3.63, 3.8) is 0 Å². The highest BCUT2D eigenvalue weighted by Gasteiger charge is 2.26. The molecule has 0 fully saturated rings. The van der Waals surface area contributed by atoms with Gasteiger partial charge in [0.15, 0.2) is 0 Å². The largest absolute Gasteiger partial charge is 0.494 e. The van der Waals surface area contributed by atoms with Crippen LogP contribution >= 0.6 is 11.6 Å². The summed E-state index contributed by atoms with van der Waals surface area (Å²) in [6.07, 6.45) is 1.21. The first-order valence-corrected chi connectivity index (χ1v) is 14.7. The van der Waals surface area contributed by atoms with Crippen molar-refractivity contribution in [2.24, 2.45) is 5.10 Å². The Kier molecular flexibility index (Phi) is 10.1. The van der Waals surface area contributed by atoms with Crippen LogP contribution in [0.1, 0.15) is 29.6 Å². The molecule has 0 saturated carbocycles. The summed E-state index contributed by atoms with van der Waals surface area (Å²) in [5.74, 6) is -0.652. The molecule has 0 aliphatic heterocycles. The summed E-state index contributed by atoms with van der Waals surface area (Å²) in [4.78, 5) is 24.5. The lowest BCUT2D eigenvalue weighted by atomic mass is 10.2. The molecule has 218 valence electrons. The number of hydrazone groups is 1. The first kappa shape index (κ1) is 30.5. The van der Waals surface area contributed by atoms with Gasteiger partial charge in [-0.05, 0) is 80.1 Å². The van der Waals surface area contributed by atoms with E-state index in [4.69, 9.17) is 20.8 Å². The Balaban J connectivity index is 1.41. The molecule has 3 aromatic carbocycles. The van der Waals surface area contributed by atoms with Gasteiger partial charge in [-0.15, -0.1) is 0 Å². The van der Waals surface area contributed by atoms with E-state index >= 15 is 0 Å². The van der Waals surface area contributed by atoms with Gasteiger partial charge < -0.3 is 14.5 Å². The van der Waals surface area contributed by atoms with Gasteiger partial charge in [-0.2, -0.15) is 9.41 Å². The molecule has 0 atom stereocenters. The molecule has 10 nitrogen and oxygen atoms in total. The summed E-state index contributed by atoms with van der Waals surface area (Å²) in [6, 6.07) is 23.3. The van der Waals surface area contributed by atoms with E-state index in [2.05, 4.69) is 15.8 Å². The summed E-state index contributed by atoms with van der Waals surface area (Å²) in [5, 5.41) is 6.78. The standard InChI is InChI=1S/C30H29ClN4O6S/c1-3-40-25-12-10-24(11-13-25)33-29(36)30(37)34-32-18-26-14-15-27(41-26)20-35(19-22-6-8-23(31)9-7-22)42(38,39)28-16-4-21(2)5-17-28/h4-18H,3,19-20H2,1-2H3,(H,33,36)(H,34,37)/b32-18+. The number of amides is 2. The number of nitrogens with zero attached hydrogens (tertiary/aromatic N) is 2. The van der Waals surface area contributed by atoms with Gasteiger partial charge in [0.2, 0.25) is 10.0 Å². The molecule has 0 unspecified atom stereocenters. The second kappa shape index (κ2) is 13.9. The topological polar surface area (TPSA) is 130 Å². The van der Waals surface area contributed by atoms with E-state index in [1.165, 1.54) is 10.5 Å². The van der Waals surface area contributed by atoms with E-state index in [0.717, 1.165) is 11.1 Å². The molecule has 0 bridgehead atoms. The van der Waals surface area contributed by atoms with Crippen LogP contribution in [0.15, 0.2) is 99.3 Å². The fourth-order valence-electron chi connectivity index (χ4n) is 3.80. The third kappa shape index (κ3) is 8.29. The zero-order valence-electron chi connectivity index (χ0n) is 22.9. The lowest BCUT2D eigenvalue weighted by Gasteiger charge is -2.21. The van der Waals surface area contributed by atoms with E-state index in [-0.39, 0.29) is 23.7 Å². The van der Waals surface area contributed by atoms with Crippen molar-refractivity contribution >= 4 is 45.3 Å². The summed E-state index contributed by atoms with van der Waals surface area (Å²) < 4.78 is 39.5. The number of sulfonamides is 1. The van der Waals surface area contributed by atoms with Gasteiger partial charge in [0.25, 0.3) is 0 Å². The van der Waals surface area contributed by atoms with Crippen molar-refractivity contribution in [1.29, 1.82) is 0 Å². The molecule has 1 heterocycles. The fraction of sp³-hybridized carbons (Fsp3) is 0.167. The van der Waals surface area contributed by atoms with Crippen molar-refractivity contribution in [3.05, 3.63) is 113 Å². The first-order valence-electron chi connectivity index (χ1n) is 12.9. The predicted molar refractivity (Wildman–Crippen MR) is 160 cm³/mol. The first-order chi connectivity index (χ1) is 20.1. The third-order valence-corrected chi connectivity index (χ3v) is 7.99. The number of benzene rings is 3. The quantitative estimate of drug-likeness (QED) is 0.138. The molecule has 0 saturated heterocycles. The number of hydrogen-bond donors (Lipinski definition) is 2. The second-order valence-electron chi connectivity index (χ2n) is 9.13. The predicted octanol–water partition coefficient (Wildman–Crippen LogP) is 5.12. The highest BCUT2D eigenvalue weighted by molar-refractivity contribution is 7.89. The Morgan fingerprint density at radius 2 is 1.62 bits per heavy atom. The Morgan fingerprint density at radius 3 is 2.29 bits per heavy atom. The molecule has 0 aliphatic rings. The summed E-state index contributed by atoms with van der Waals surface area (Å²) in [6.45, 7) is 4.27. The number of anilines is 1. The van der Waals surface area contributed by atoms with E-state index in [0.29, 0.717) is 28.8 Å². The number of carbonyl (C=O) groups is 2. The van der Waals surface area contributed by atoms with Crippen molar-refractivity contribution in [2.45, 2.75) is 31.8 Å². The summed E-state index contributed by atoms with van der Waals surface area (Å²) in [7, 11) is -3.89. The molecule has 1 aromatic heterocycles. The Morgan fingerprint density at radius 1 is 0.929 bits per heavy atom. The minimum atomic E-state index is -3.89. The molecule has 4 rings (SSSR count). The van der Waals surface area contributed by atoms with Crippen LogP contribution in [0.4, 0.5) is 5.69 Å². The lowest BCUT2D eigenvalue weighted by molar-refractivity contribution is -0.136. The van der Waals surface area contributed by atoms with Crippen molar-refractivity contribution < 1.29 is 27.2 Å². The number of halogens is 1. The van der Waals surface area contributed by atoms with E-state index in [1.54, 1.807) is 84.9 Å². The van der Waals surface area contributed by atoms with Gasteiger partial charge >= 0.3 is 11.8 Å². The van der Waals surface area contributed by atoms with E-state index in [1.807, 2.05) is 13.8 Å². The molecular formula is C30H29ClN4O6S. The molecule has 4 aromatic rings. The maximum absolute atomic E-state index is 13.6. The highest BCUT2D eigenvalue weighted by atomic mass is 35.5. The molecule has 0 spiro atoms. The van der Waals surface area contributed by atoms with Crippen LogP contribution < -0.4 is 15.5 Å². The number of furan rings is 1. The number of carbonyl (C=O) groups excluding carboxylic acids is 2. The van der Waals surface area contributed by atoms with Crippen molar-refractivity contribution in [3.8, 4) is 5.75 Å². The number of rotatable bonds is 11. The van der Waals surface area contributed by atoms with Gasteiger partial charge in [0.1, 0.15) is 17.3 Å². The average molecular weight is 609 g/mol. The van der Waals surface area contributed by atoms with Crippen molar-refractivity contribution in [1.82, 2.24) is 9.73 Å². The number of hydrogen-bond acceptors (Lipinski definition) is 7. The number of ether oxygens (including phenoxy) is 1. The monoisotopic (exact) mass is 608 g/mol. The maximum atomic E-state index is 13.6. The molecule has 0 radical (unpaired) electrons. The Hall–Kier alpha value is -4.45. The number of nitrogens with one attached hydrogen (secondary N) is 2. The molecule has 12 heteroatoms. The maximum Gasteiger partial charge on any atom is 0.329 e. The normalized spacial score (nSPS) is 11.5. The van der Waals surface area contributed by atoms with Crippen LogP contribution in [0.25, 0.3) is 0 Å². The van der Waals surface area contributed by atoms with Crippen LogP contribution in [0, 0.1) is 6.92 Å². The zero-order valence-corrected chi connectivity index (χ0v) is 24.5. The summed E-state index contributed by atoms with van der Waals surface area (Å²) in [5.41, 5.74) is 4.24. The second-order valence-corrected chi connectivity index (χ2v) is 11.5. The summed E-state index contributed by atoms with van der Waals surface area (Å²) >= 11 is 6.00. The van der Waals surface area contributed by atoms with Gasteiger partial charge in [-0.25, -0.2) is 13.8 Å². The van der Waals surface area contributed by atoms with Crippen LogP contribution in [0.5, 0.6) is 5.75 Å². The molecule has 2 amide bonds. The van der Waals surface area contributed by atoms with Crippen LogP contribution in [0.2, 0.25) is 5.02 Å². The van der Waals surface area contributed by atoms with Gasteiger partial charge in [0, 0.05) is 17.3 Å². The van der Waals surface area contributed by atoms with E-state index < -0.39 is 21.8 Å².